The molecule has 6 nitrogen and oxygen atoms in total. The molecule has 110 valence electrons. The van der Waals surface area contributed by atoms with E-state index in [1.165, 1.54) is 6.07 Å². The van der Waals surface area contributed by atoms with E-state index in [4.69, 9.17) is 9.63 Å². The number of carboxylic acid groups (broad SMARTS) is 1. The van der Waals surface area contributed by atoms with E-state index in [9.17, 15) is 9.59 Å². The van der Waals surface area contributed by atoms with Crippen LogP contribution >= 0.6 is 0 Å². The van der Waals surface area contributed by atoms with E-state index in [1.54, 1.807) is 32.9 Å². The van der Waals surface area contributed by atoms with Crippen molar-refractivity contribution in [2.24, 2.45) is 0 Å². The van der Waals surface area contributed by atoms with Crippen LogP contribution in [-0.2, 0) is 11.2 Å². The first kappa shape index (κ1) is 14.8. The van der Waals surface area contributed by atoms with E-state index in [0.717, 1.165) is 5.56 Å². The van der Waals surface area contributed by atoms with Crippen LogP contribution < -0.4 is 5.32 Å². The lowest BCUT2D eigenvalue weighted by atomic mass is 10.1. The number of aromatic nitrogens is 1. The standard InChI is InChI=1S/C15H16N2O4/c1-8-4-5-11(6-12(8)15(19)20)16-14(18)7-13-9(2)17-21-10(13)3/h4-6H,7H2,1-3H3,(H,16,18)(H,19,20). The van der Waals surface area contributed by atoms with Crippen molar-refractivity contribution in [3.8, 4) is 0 Å². The summed E-state index contributed by atoms with van der Waals surface area (Å²) in [4.78, 5) is 23.1. The number of carbonyl (C=O) groups excluding carboxylic acids is 1. The zero-order valence-corrected chi connectivity index (χ0v) is 12.1. The number of hydrogen-bond acceptors (Lipinski definition) is 4. The zero-order chi connectivity index (χ0) is 15.6. The topological polar surface area (TPSA) is 92.4 Å². The Morgan fingerprint density at radius 3 is 2.57 bits per heavy atom. The van der Waals surface area contributed by atoms with Crippen LogP contribution in [0.3, 0.4) is 0 Å². The summed E-state index contributed by atoms with van der Waals surface area (Å²) in [5.74, 6) is -0.656. The molecule has 21 heavy (non-hydrogen) atoms. The minimum atomic E-state index is -1.02. The fraction of sp³-hybridized carbons (Fsp3) is 0.267. The number of carbonyl (C=O) groups is 2. The predicted octanol–water partition coefficient (Wildman–Crippen LogP) is 2.48. The second-order valence-electron chi connectivity index (χ2n) is 4.86. The van der Waals surface area contributed by atoms with Crippen LogP contribution in [0.2, 0.25) is 0 Å². The molecule has 0 atom stereocenters. The number of hydrogen-bond donors (Lipinski definition) is 2. The lowest BCUT2D eigenvalue weighted by Crippen LogP contribution is -2.15. The molecule has 1 amide bonds. The maximum absolute atomic E-state index is 12.0. The molecule has 1 heterocycles. The minimum absolute atomic E-state index is 0.136. The molecule has 2 rings (SSSR count). The number of carboxylic acids is 1. The molecule has 1 aromatic carbocycles. The van der Waals surface area contributed by atoms with Crippen molar-refractivity contribution in [3.63, 3.8) is 0 Å². The first-order valence-corrected chi connectivity index (χ1v) is 6.44. The lowest BCUT2D eigenvalue weighted by Gasteiger charge is -2.07. The second-order valence-corrected chi connectivity index (χ2v) is 4.86. The van der Waals surface area contributed by atoms with Crippen molar-refractivity contribution in [2.45, 2.75) is 27.2 Å². The molecule has 0 aliphatic heterocycles. The third kappa shape index (κ3) is 3.28. The molecule has 0 radical (unpaired) electrons. The molecule has 0 saturated carbocycles. The highest BCUT2D eigenvalue weighted by Crippen LogP contribution is 2.17. The Labute approximate surface area is 121 Å². The van der Waals surface area contributed by atoms with Crippen molar-refractivity contribution in [1.82, 2.24) is 5.16 Å². The number of nitrogens with one attached hydrogen (secondary N) is 1. The van der Waals surface area contributed by atoms with Crippen LogP contribution in [0.4, 0.5) is 5.69 Å². The molecule has 0 aliphatic carbocycles. The quantitative estimate of drug-likeness (QED) is 0.901. The average molecular weight is 288 g/mol. The molecular formula is C15H16N2O4. The van der Waals surface area contributed by atoms with Gasteiger partial charge in [-0.2, -0.15) is 0 Å². The predicted molar refractivity (Wildman–Crippen MR) is 76.4 cm³/mol. The van der Waals surface area contributed by atoms with Gasteiger partial charge in [0.2, 0.25) is 5.91 Å². The Morgan fingerprint density at radius 1 is 1.29 bits per heavy atom. The third-order valence-corrected chi connectivity index (χ3v) is 3.27. The largest absolute Gasteiger partial charge is 0.478 e. The molecule has 0 bridgehead atoms. The van der Waals surface area contributed by atoms with E-state index < -0.39 is 5.97 Å². The van der Waals surface area contributed by atoms with E-state index in [-0.39, 0.29) is 17.9 Å². The van der Waals surface area contributed by atoms with E-state index in [1.807, 2.05) is 0 Å². The van der Waals surface area contributed by atoms with E-state index in [0.29, 0.717) is 22.7 Å². The van der Waals surface area contributed by atoms with Crippen LogP contribution in [0.25, 0.3) is 0 Å². The Kier molecular flexibility index (Phi) is 4.07. The molecule has 1 aromatic heterocycles. The van der Waals surface area contributed by atoms with Crippen LogP contribution in [0.15, 0.2) is 22.7 Å². The van der Waals surface area contributed by atoms with Crippen molar-refractivity contribution in [3.05, 3.63) is 46.3 Å². The van der Waals surface area contributed by atoms with Crippen LogP contribution in [0, 0.1) is 20.8 Å². The summed E-state index contributed by atoms with van der Waals surface area (Å²) >= 11 is 0. The second kappa shape index (κ2) is 5.78. The van der Waals surface area contributed by atoms with Gasteiger partial charge in [-0.25, -0.2) is 4.79 Å². The number of nitrogens with zero attached hydrogens (tertiary/aromatic N) is 1. The Hall–Kier alpha value is -2.63. The number of aryl methyl sites for hydroxylation is 3. The zero-order valence-electron chi connectivity index (χ0n) is 12.1. The normalized spacial score (nSPS) is 10.4. The number of amides is 1. The van der Waals surface area contributed by atoms with Crippen LogP contribution in [0.1, 0.15) is 32.9 Å². The van der Waals surface area contributed by atoms with Gasteiger partial charge >= 0.3 is 5.97 Å². The average Bonchev–Trinajstić information content (AvgIpc) is 2.72. The fourth-order valence-electron chi connectivity index (χ4n) is 2.05. The maximum atomic E-state index is 12.0. The summed E-state index contributed by atoms with van der Waals surface area (Å²) in [6.45, 7) is 5.23. The highest BCUT2D eigenvalue weighted by atomic mass is 16.5. The molecule has 0 unspecified atom stereocenters. The van der Waals surface area contributed by atoms with E-state index in [2.05, 4.69) is 10.5 Å². The van der Waals surface area contributed by atoms with Crippen molar-refractivity contribution >= 4 is 17.6 Å². The molecule has 0 aliphatic rings. The van der Waals surface area contributed by atoms with Crippen molar-refractivity contribution in [2.75, 3.05) is 5.32 Å². The molecule has 2 N–H and O–H groups in total. The summed E-state index contributed by atoms with van der Waals surface area (Å²) in [6.07, 6.45) is 0.136. The van der Waals surface area contributed by atoms with Gasteiger partial charge in [0.25, 0.3) is 0 Å². The van der Waals surface area contributed by atoms with Gasteiger partial charge in [0, 0.05) is 11.3 Å². The van der Waals surface area contributed by atoms with Crippen LogP contribution in [0.5, 0.6) is 0 Å². The number of rotatable bonds is 4. The van der Waals surface area contributed by atoms with Crippen molar-refractivity contribution < 1.29 is 19.2 Å². The van der Waals surface area contributed by atoms with Gasteiger partial charge in [-0.05, 0) is 38.5 Å². The molecule has 0 fully saturated rings. The third-order valence-electron chi connectivity index (χ3n) is 3.27. The first-order chi connectivity index (χ1) is 9.88. The number of benzene rings is 1. The highest BCUT2D eigenvalue weighted by molar-refractivity contribution is 5.95. The van der Waals surface area contributed by atoms with Gasteiger partial charge in [0.15, 0.2) is 0 Å². The Bertz CT molecular complexity index is 684. The molecule has 0 spiro atoms. The molecule has 0 saturated heterocycles. The highest BCUT2D eigenvalue weighted by Gasteiger charge is 2.14. The monoisotopic (exact) mass is 288 g/mol. The lowest BCUT2D eigenvalue weighted by molar-refractivity contribution is -0.115. The SMILES string of the molecule is Cc1ccc(NC(=O)Cc2c(C)noc2C)cc1C(=O)O. The molecule has 2 aromatic rings. The first-order valence-electron chi connectivity index (χ1n) is 6.44. The van der Waals surface area contributed by atoms with Gasteiger partial charge < -0.3 is 14.9 Å². The van der Waals surface area contributed by atoms with Crippen LogP contribution in [-0.4, -0.2) is 22.1 Å². The van der Waals surface area contributed by atoms with Crippen molar-refractivity contribution in [1.29, 1.82) is 0 Å². The summed E-state index contributed by atoms with van der Waals surface area (Å²) in [5, 5.41) is 15.5. The number of aromatic carboxylic acids is 1. The Balaban J connectivity index is 2.13. The van der Waals surface area contributed by atoms with Gasteiger partial charge in [0.05, 0.1) is 17.7 Å². The van der Waals surface area contributed by atoms with Gasteiger partial charge in [-0.3, -0.25) is 4.79 Å². The van der Waals surface area contributed by atoms with E-state index >= 15 is 0 Å². The number of anilines is 1. The van der Waals surface area contributed by atoms with Gasteiger partial charge in [-0.15, -0.1) is 0 Å². The molecular weight excluding hydrogens is 272 g/mol. The summed E-state index contributed by atoms with van der Waals surface area (Å²) in [7, 11) is 0. The smallest absolute Gasteiger partial charge is 0.336 e. The summed E-state index contributed by atoms with van der Waals surface area (Å²) in [5.41, 5.74) is 2.70. The van der Waals surface area contributed by atoms with Gasteiger partial charge in [-0.1, -0.05) is 11.2 Å². The molecule has 6 heteroatoms. The fourth-order valence-corrected chi connectivity index (χ4v) is 2.05. The maximum Gasteiger partial charge on any atom is 0.336 e. The van der Waals surface area contributed by atoms with Gasteiger partial charge in [0.1, 0.15) is 5.76 Å². The Morgan fingerprint density at radius 2 is 2.00 bits per heavy atom. The summed E-state index contributed by atoms with van der Waals surface area (Å²) in [6, 6.07) is 4.78. The summed E-state index contributed by atoms with van der Waals surface area (Å²) < 4.78 is 5.00. The minimum Gasteiger partial charge on any atom is -0.478 e.